The normalized spacial score (nSPS) is 23.1. The second kappa shape index (κ2) is 5.71. The number of hydrogen-bond donors (Lipinski definition) is 1. The fourth-order valence-corrected chi connectivity index (χ4v) is 5.01. The third-order valence-electron chi connectivity index (χ3n) is 3.76. The van der Waals surface area contributed by atoms with Gasteiger partial charge in [-0.3, -0.25) is 0 Å². The molecule has 1 heterocycles. The van der Waals surface area contributed by atoms with Gasteiger partial charge >= 0.3 is 0 Å². The van der Waals surface area contributed by atoms with Gasteiger partial charge in [0.05, 0.1) is 10.2 Å². The highest BCUT2D eigenvalue weighted by molar-refractivity contribution is 7.99. The molecule has 1 aromatic carbocycles. The zero-order chi connectivity index (χ0) is 13.2. The number of aromatic nitrogens is 1. The number of aryl methyl sites for hydroxylation is 1. The lowest BCUT2D eigenvalue weighted by atomic mass is 10.2. The molecular formula is C15H20N2S2. The molecule has 1 saturated carbocycles. The van der Waals surface area contributed by atoms with Crippen molar-refractivity contribution in [2.75, 3.05) is 11.1 Å². The maximum absolute atomic E-state index is 4.77. The Labute approximate surface area is 123 Å². The molecule has 0 spiro atoms. The van der Waals surface area contributed by atoms with Crippen LogP contribution in [0.2, 0.25) is 0 Å². The van der Waals surface area contributed by atoms with Crippen molar-refractivity contribution in [2.45, 2.75) is 44.4 Å². The predicted octanol–water partition coefficient (Wildman–Crippen LogP) is 4.69. The van der Waals surface area contributed by atoms with Crippen LogP contribution in [-0.4, -0.2) is 22.0 Å². The minimum absolute atomic E-state index is 0.603. The Hall–Kier alpha value is -0.740. The molecule has 2 unspecified atom stereocenters. The van der Waals surface area contributed by atoms with Gasteiger partial charge in [0.15, 0.2) is 5.13 Å². The summed E-state index contributed by atoms with van der Waals surface area (Å²) in [5.74, 6) is 1.21. The van der Waals surface area contributed by atoms with E-state index in [-0.39, 0.29) is 0 Å². The zero-order valence-corrected chi connectivity index (χ0v) is 13.1. The average molecular weight is 292 g/mol. The number of para-hydroxylation sites is 1. The van der Waals surface area contributed by atoms with Crippen molar-refractivity contribution in [2.24, 2.45) is 0 Å². The third kappa shape index (κ3) is 2.75. The van der Waals surface area contributed by atoms with Crippen LogP contribution in [0.5, 0.6) is 0 Å². The molecule has 0 aliphatic heterocycles. The van der Waals surface area contributed by atoms with Gasteiger partial charge in [-0.05, 0) is 37.1 Å². The van der Waals surface area contributed by atoms with Crippen LogP contribution < -0.4 is 5.32 Å². The molecule has 102 valence electrons. The largest absolute Gasteiger partial charge is 0.358 e. The highest BCUT2D eigenvalue weighted by atomic mass is 32.2. The first-order valence-corrected chi connectivity index (χ1v) is 8.88. The molecule has 1 N–H and O–H groups in total. The molecule has 0 amide bonds. The lowest BCUT2D eigenvalue weighted by Gasteiger charge is -2.19. The van der Waals surface area contributed by atoms with Gasteiger partial charge in [0.25, 0.3) is 0 Å². The van der Waals surface area contributed by atoms with Crippen molar-refractivity contribution >= 4 is 38.4 Å². The minimum atomic E-state index is 0.603. The van der Waals surface area contributed by atoms with Crippen LogP contribution in [0, 0.1) is 6.92 Å². The molecule has 0 bridgehead atoms. The molecular weight excluding hydrogens is 272 g/mol. The fraction of sp³-hybridized carbons (Fsp3) is 0.533. The average Bonchev–Trinajstić information content (AvgIpc) is 2.98. The summed E-state index contributed by atoms with van der Waals surface area (Å²) in [7, 11) is 0. The number of benzene rings is 1. The molecule has 19 heavy (non-hydrogen) atoms. The van der Waals surface area contributed by atoms with Crippen molar-refractivity contribution in [3.05, 3.63) is 23.8 Å². The van der Waals surface area contributed by atoms with Gasteiger partial charge in [0, 0.05) is 11.3 Å². The maximum atomic E-state index is 4.77. The zero-order valence-electron chi connectivity index (χ0n) is 11.5. The number of fused-ring (bicyclic) bond motifs is 1. The van der Waals surface area contributed by atoms with Crippen LogP contribution in [0.1, 0.15) is 31.7 Å². The smallest absolute Gasteiger partial charge is 0.184 e. The Kier molecular flexibility index (Phi) is 3.99. The van der Waals surface area contributed by atoms with Crippen molar-refractivity contribution in [1.29, 1.82) is 0 Å². The van der Waals surface area contributed by atoms with Crippen LogP contribution in [0.25, 0.3) is 10.2 Å². The van der Waals surface area contributed by atoms with Gasteiger partial charge in [-0.25, -0.2) is 4.98 Å². The Bertz CT molecular complexity index is 564. The lowest BCUT2D eigenvalue weighted by molar-refractivity contribution is 0.767. The summed E-state index contributed by atoms with van der Waals surface area (Å²) in [6.07, 6.45) is 3.98. The van der Waals surface area contributed by atoms with Crippen molar-refractivity contribution in [3.8, 4) is 0 Å². The van der Waals surface area contributed by atoms with E-state index in [1.165, 1.54) is 35.3 Å². The Morgan fingerprint density at radius 1 is 1.42 bits per heavy atom. The number of thiazole rings is 1. The van der Waals surface area contributed by atoms with Gasteiger partial charge in [-0.1, -0.05) is 36.8 Å². The highest BCUT2D eigenvalue weighted by Crippen LogP contribution is 2.34. The van der Waals surface area contributed by atoms with E-state index in [2.05, 4.69) is 49.1 Å². The van der Waals surface area contributed by atoms with E-state index in [9.17, 15) is 0 Å². The topological polar surface area (TPSA) is 24.9 Å². The monoisotopic (exact) mass is 292 g/mol. The molecule has 3 rings (SSSR count). The van der Waals surface area contributed by atoms with E-state index in [0.717, 1.165) is 15.9 Å². The molecule has 0 saturated heterocycles. The standard InChI is InChI=1S/C15H20N2S2/c1-3-18-12-8-5-7-11(12)16-15-17-14-10(2)6-4-9-13(14)19-15/h4,6,9,11-12H,3,5,7-8H2,1-2H3,(H,16,17). The summed E-state index contributed by atoms with van der Waals surface area (Å²) >= 11 is 3.88. The van der Waals surface area contributed by atoms with E-state index in [1.807, 2.05) is 0 Å². The van der Waals surface area contributed by atoms with Crippen LogP contribution >= 0.6 is 23.1 Å². The van der Waals surface area contributed by atoms with E-state index in [4.69, 9.17) is 4.98 Å². The first-order valence-electron chi connectivity index (χ1n) is 7.02. The summed E-state index contributed by atoms with van der Waals surface area (Å²) < 4.78 is 1.29. The molecule has 2 nitrogen and oxygen atoms in total. The van der Waals surface area contributed by atoms with Crippen molar-refractivity contribution in [3.63, 3.8) is 0 Å². The van der Waals surface area contributed by atoms with Crippen LogP contribution in [0.4, 0.5) is 5.13 Å². The van der Waals surface area contributed by atoms with Crippen LogP contribution in [0.3, 0.4) is 0 Å². The Morgan fingerprint density at radius 2 is 2.32 bits per heavy atom. The lowest BCUT2D eigenvalue weighted by Crippen LogP contribution is -2.26. The molecule has 1 fully saturated rings. The van der Waals surface area contributed by atoms with Gasteiger partial charge in [0.2, 0.25) is 0 Å². The first kappa shape index (κ1) is 13.3. The maximum Gasteiger partial charge on any atom is 0.184 e. The van der Waals surface area contributed by atoms with E-state index >= 15 is 0 Å². The second-order valence-electron chi connectivity index (χ2n) is 5.12. The second-order valence-corrected chi connectivity index (χ2v) is 7.66. The highest BCUT2D eigenvalue weighted by Gasteiger charge is 2.27. The molecule has 0 radical (unpaired) electrons. The quantitative estimate of drug-likeness (QED) is 0.885. The molecule has 2 atom stereocenters. The first-order chi connectivity index (χ1) is 9.28. The number of anilines is 1. The van der Waals surface area contributed by atoms with E-state index in [0.29, 0.717) is 6.04 Å². The van der Waals surface area contributed by atoms with E-state index in [1.54, 1.807) is 11.3 Å². The molecule has 4 heteroatoms. The van der Waals surface area contributed by atoms with Gasteiger partial charge in [-0.2, -0.15) is 11.8 Å². The Morgan fingerprint density at radius 3 is 3.11 bits per heavy atom. The summed E-state index contributed by atoms with van der Waals surface area (Å²) in [4.78, 5) is 4.77. The molecule has 1 aromatic heterocycles. The third-order valence-corrected chi connectivity index (χ3v) is 6.04. The summed E-state index contributed by atoms with van der Waals surface area (Å²) in [5.41, 5.74) is 2.43. The molecule has 1 aliphatic carbocycles. The predicted molar refractivity (Wildman–Crippen MR) is 87.5 cm³/mol. The SMILES string of the molecule is CCSC1CCCC1Nc1nc2c(C)cccc2s1. The number of nitrogens with one attached hydrogen (secondary N) is 1. The number of rotatable bonds is 4. The number of hydrogen-bond acceptors (Lipinski definition) is 4. The van der Waals surface area contributed by atoms with Crippen molar-refractivity contribution < 1.29 is 0 Å². The number of nitrogens with zero attached hydrogens (tertiary/aromatic N) is 1. The summed E-state index contributed by atoms with van der Waals surface area (Å²) in [6.45, 7) is 4.39. The van der Waals surface area contributed by atoms with Gasteiger partial charge in [-0.15, -0.1) is 0 Å². The van der Waals surface area contributed by atoms with Gasteiger partial charge < -0.3 is 5.32 Å². The summed E-state index contributed by atoms with van der Waals surface area (Å²) in [5, 5.41) is 5.54. The minimum Gasteiger partial charge on any atom is -0.358 e. The van der Waals surface area contributed by atoms with Gasteiger partial charge in [0.1, 0.15) is 0 Å². The number of thioether (sulfide) groups is 1. The molecule has 2 aromatic rings. The van der Waals surface area contributed by atoms with E-state index < -0.39 is 0 Å². The molecule has 1 aliphatic rings. The van der Waals surface area contributed by atoms with Crippen molar-refractivity contribution in [1.82, 2.24) is 4.98 Å². The Balaban J connectivity index is 1.79. The summed E-state index contributed by atoms with van der Waals surface area (Å²) in [6, 6.07) is 7.02. The fourth-order valence-electron chi connectivity index (χ4n) is 2.81. The van der Waals surface area contributed by atoms with Crippen LogP contribution in [0.15, 0.2) is 18.2 Å². The van der Waals surface area contributed by atoms with Crippen LogP contribution in [-0.2, 0) is 0 Å².